The zero-order chi connectivity index (χ0) is 17.5. The number of amides is 1. The number of carbonyl (C=O) groups excluding carboxylic acids is 1. The molecular formula is C16H15N3O4S. The molecule has 2 aromatic carbocycles. The van der Waals surface area contributed by atoms with Crippen LogP contribution in [-0.2, 0) is 4.74 Å². The van der Waals surface area contributed by atoms with Crippen molar-refractivity contribution in [2.24, 2.45) is 4.99 Å². The fourth-order valence-electron chi connectivity index (χ4n) is 1.75. The molecule has 0 unspecified atom stereocenters. The van der Waals surface area contributed by atoms with E-state index in [0.29, 0.717) is 16.9 Å². The molecule has 1 amide bonds. The van der Waals surface area contributed by atoms with Crippen LogP contribution in [0.5, 0.6) is 11.5 Å². The molecule has 0 aliphatic carbocycles. The van der Waals surface area contributed by atoms with Gasteiger partial charge in [-0.2, -0.15) is 0 Å². The molecule has 24 heavy (non-hydrogen) atoms. The minimum absolute atomic E-state index is 0.0757. The SMILES string of the molecule is COC(=O)NC(=S)Nc1ccccc1N=Cc1ccc(O)c(O)c1. The Morgan fingerprint density at radius 3 is 2.67 bits per heavy atom. The van der Waals surface area contributed by atoms with Crippen LogP contribution in [0, 0.1) is 0 Å². The summed E-state index contributed by atoms with van der Waals surface area (Å²) in [5.74, 6) is -0.428. The molecule has 4 N–H and O–H groups in total. The Bertz CT molecular complexity index is 793. The number of alkyl carbamates (subject to hydrolysis) is 1. The van der Waals surface area contributed by atoms with Gasteiger partial charge in [-0.05, 0) is 48.1 Å². The highest BCUT2D eigenvalue weighted by atomic mass is 32.1. The number of methoxy groups -OCH3 is 1. The molecule has 0 aliphatic heterocycles. The number of phenolic OH excluding ortho intramolecular Hbond substituents is 2. The Hall–Kier alpha value is -3.13. The summed E-state index contributed by atoms with van der Waals surface area (Å²) in [7, 11) is 1.24. The molecule has 0 aliphatic rings. The van der Waals surface area contributed by atoms with E-state index in [1.54, 1.807) is 30.3 Å². The molecule has 0 bridgehead atoms. The number of hydrogen-bond acceptors (Lipinski definition) is 6. The monoisotopic (exact) mass is 345 g/mol. The van der Waals surface area contributed by atoms with Gasteiger partial charge in [0, 0.05) is 6.21 Å². The van der Waals surface area contributed by atoms with Gasteiger partial charge in [0.2, 0.25) is 0 Å². The quantitative estimate of drug-likeness (QED) is 0.387. The Morgan fingerprint density at radius 2 is 1.96 bits per heavy atom. The zero-order valence-corrected chi connectivity index (χ0v) is 13.5. The number of benzene rings is 2. The van der Waals surface area contributed by atoms with Gasteiger partial charge >= 0.3 is 6.09 Å². The summed E-state index contributed by atoms with van der Waals surface area (Å²) >= 11 is 5.01. The second-order valence-electron chi connectivity index (χ2n) is 4.59. The van der Waals surface area contributed by atoms with Gasteiger partial charge in [0.25, 0.3) is 0 Å². The number of aromatic hydroxyl groups is 2. The van der Waals surface area contributed by atoms with E-state index in [2.05, 4.69) is 20.4 Å². The molecule has 7 nitrogen and oxygen atoms in total. The normalized spacial score (nSPS) is 10.4. The highest BCUT2D eigenvalue weighted by Crippen LogP contribution is 2.26. The second-order valence-corrected chi connectivity index (χ2v) is 5.00. The first-order valence-corrected chi connectivity index (χ1v) is 7.21. The Kier molecular flexibility index (Phi) is 5.69. The first-order chi connectivity index (χ1) is 11.5. The average molecular weight is 345 g/mol. The van der Waals surface area contributed by atoms with Crippen molar-refractivity contribution >= 4 is 41.0 Å². The number of carbonyl (C=O) groups is 1. The molecule has 0 saturated carbocycles. The van der Waals surface area contributed by atoms with Crippen LogP contribution in [0.15, 0.2) is 47.5 Å². The standard InChI is InChI=1S/C16H15N3O4S/c1-23-16(22)19-15(24)18-12-5-3-2-4-11(12)17-9-10-6-7-13(20)14(21)8-10/h2-9,20-21H,1H3,(H2,18,19,22,24). The van der Waals surface area contributed by atoms with Crippen molar-refractivity contribution in [2.75, 3.05) is 12.4 Å². The largest absolute Gasteiger partial charge is 0.504 e. The van der Waals surface area contributed by atoms with Gasteiger partial charge in [-0.15, -0.1) is 0 Å². The van der Waals surface area contributed by atoms with E-state index in [1.807, 2.05) is 0 Å². The summed E-state index contributed by atoms with van der Waals surface area (Å²) in [5, 5.41) is 24.0. The molecular weight excluding hydrogens is 330 g/mol. The predicted octanol–water partition coefficient (Wildman–Crippen LogP) is 2.90. The van der Waals surface area contributed by atoms with Crippen LogP contribution in [0.25, 0.3) is 0 Å². The lowest BCUT2D eigenvalue weighted by molar-refractivity contribution is 0.177. The molecule has 0 atom stereocenters. The van der Waals surface area contributed by atoms with Gasteiger partial charge in [-0.1, -0.05) is 12.1 Å². The number of anilines is 1. The molecule has 0 aromatic heterocycles. The third-order valence-electron chi connectivity index (χ3n) is 2.91. The number of phenols is 2. The molecule has 2 aromatic rings. The fraction of sp³-hybridized carbons (Fsp3) is 0.0625. The van der Waals surface area contributed by atoms with Gasteiger partial charge in [0.1, 0.15) is 0 Å². The van der Waals surface area contributed by atoms with Crippen LogP contribution in [-0.4, -0.2) is 34.7 Å². The van der Waals surface area contributed by atoms with E-state index < -0.39 is 6.09 Å². The first-order valence-electron chi connectivity index (χ1n) is 6.80. The highest BCUT2D eigenvalue weighted by Gasteiger charge is 2.06. The second kappa shape index (κ2) is 7.93. The third-order valence-corrected chi connectivity index (χ3v) is 3.11. The molecule has 124 valence electrons. The Morgan fingerprint density at radius 1 is 1.21 bits per heavy atom. The third kappa shape index (κ3) is 4.68. The topological polar surface area (TPSA) is 103 Å². The number of rotatable bonds is 3. The van der Waals surface area contributed by atoms with Gasteiger partial charge in [0.15, 0.2) is 16.6 Å². The summed E-state index contributed by atoms with van der Waals surface area (Å²) in [6.07, 6.45) is 0.851. The minimum Gasteiger partial charge on any atom is -0.504 e. The number of aliphatic imine (C=N–C) groups is 1. The van der Waals surface area contributed by atoms with Crippen LogP contribution in [0.3, 0.4) is 0 Å². The van der Waals surface area contributed by atoms with Crippen molar-refractivity contribution in [3.05, 3.63) is 48.0 Å². The van der Waals surface area contributed by atoms with Crippen molar-refractivity contribution in [1.29, 1.82) is 0 Å². The summed E-state index contributed by atoms with van der Waals surface area (Å²) in [6.45, 7) is 0. The van der Waals surface area contributed by atoms with Gasteiger partial charge in [0.05, 0.1) is 18.5 Å². The van der Waals surface area contributed by atoms with Crippen molar-refractivity contribution in [2.45, 2.75) is 0 Å². The van der Waals surface area contributed by atoms with Crippen LogP contribution < -0.4 is 10.6 Å². The van der Waals surface area contributed by atoms with Crippen LogP contribution in [0.1, 0.15) is 5.56 Å². The van der Waals surface area contributed by atoms with Gasteiger partial charge < -0.3 is 20.3 Å². The predicted molar refractivity (Wildman–Crippen MR) is 95.2 cm³/mol. The van der Waals surface area contributed by atoms with Crippen molar-refractivity contribution < 1.29 is 19.7 Å². The van der Waals surface area contributed by atoms with E-state index in [0.717, 1.165) is 0 Å². The molecule has 2 rings (SSSR count). The Balaban J connectivity index is 2.16. The summed E-state index contributed by atoms with van der Waals surface area (Å²) in [5.41, 5.74) is 1.76. The van der Waals surface area contributed by atoms with E-state index in [4.69, 9.17) is 12.2 Å². The maximum Gasteiger partial charge on any atom is 0.413 e. The smallest absolute Gasteiger partial charge is 0.413 e. The number of para-hydroxylation sites is 2. The number of nitrogens with zero attached hydrogens (tertiary/aromatic N) is 1. The van der Waals surface area contributed by atoms with E-state index in [9.17, 15) is 15.0 Å². The molecule has 0 spiro atoms. The van der Waals surface area contributed by atoms with Crippen molar-refractivity contribution in [3.8, 4) is 11.5 Å². The lowest BCUT2D eigenvalue weighted by Gasteiger charge is -2.10. The molecule has 0 heterocycles. The molecule has 8 heteroatoms. The maximum atomic E-state index is 11.1. The summed E-state index contributed by atoms with van der Waals surface area (Å²) in [4.78, 5) is 15.4. The zero-order valence-electron chi connectivity index (χ0n) is 12.7. The van der Waals surface area contributed by atoms with Crippen molar-refractivity contribution in [1.82, 2.24) is 5.32 Å². The maximum absolute atomic E-state index is 11.1. The summed E-state index contributed by atoms with van der Waals surface area (Å²) < 4.78 is 4.46. The number of nitrogens with one attached hydrogen (secondary N) is 2. The molecule has 0 fully saturated rings. The van der Waals surface area contributed by atoms with Gasteiger partial charge in [-0.25, -0.2) is 4.79 Å². The summed E-state index contributed by atoms with van der Waals surface area (Å²) in [6, 6.07) is 11.4. The number of thiocarbonyl (C=S) groups is 1. The fourth-order valence-corrected chi connectivity index (χ4v) is 1.95. The van der Waals surface area contributed by atoms with E-state index in [-0.39, 0.29) is 16.6 Å². The molecule has 0 saturated heterocycles. The number of hydrogen-bond donors (Lipinski definition) is 4. The minimum atomic E-state index is -0.673. The number of ether oxygens (including phenoxy) is 1. The van der Waals surface area contributed by atoms with Crippen LogP contribution >= 0.6 is 12.2 Å². The van der Waals surface area contributed by atoms with Gasteiger partial charge in [-0.3, -0.25) is 10.3 Å². The van der Waals surface area contributed by atoms with Crippen LogP contribution in [0.4, 0.5) is 16.2 Å². The van der Waals surface area contributed by atoms with Crippen molar-refractivity contribution in [3.63, 3.8) is 0 Å². The lowest BCUT2D eigenvalue weighted by Crippen LogP contribution is -2.33. The molecule has 0 radical (unpaired) electrons. The van der Waals surface area contributed by atoms with E-state index >= 15 is 0 Å². The Labute approximate surface area is 143 Å². The average Bonchev–Trinajstić information content (AvgIpc) is 2.57. The highest BCUT2D eigenvalue weighted by molar-refractivity contribution is 7.80. The first kappa shape index (κ1) is 17.2. The van der Waals surface area contributed by atoms with E-state index in [1.165, 1.54) is 25.5 Å². The van der Waals surface area contributed by atoms with Crippen LogP contribution in [0.2, 0.25) is 0 Å². The lowest BCUT2D eigenvalue weighted by atomic mass is 10.2.